The predicted molar refractivity (Wildman–Crippen MR) is 70.4 cm³/mol. The number of hydrogen-bond donors (Lipinski definition) is 0. The van der Waals surface area contributed by atoms with Crippen molar-refractivity contribution in [3.05, 3.63) is 35.9 Å². The second kappa shape index (κ2) is 5.90. The Balaban J connectivity index is 2.15. The summed E-state index contributed by atoms with van der Waals surface area (Å²) in [7, 11) is 0. The van der Waals surface area contributed by atoms with Gasteiger partial charge >= 0.3 is 0 Å². The van der Waals surface area contributed by atoms with E-state index in [0.717, 1.165) is 6.54 Å². The summed E-state index contributed by atoms with van der Waals surface area (Å²) in [6, 6.07) is 11.6. The molecule has 1 nitrogen and oxygen atoms in total. The first-order chi connectivity index (χ1) is 7.86. The van der Waals surface area contributed by atoms with Crippen LogP contribution in [0.1, 0.15) is 24.4 Å². The average Bonchev–Trinajstić information content (AvgIpc) is 2.74. The van der Waals surface area contributed by atoms with Crippen LogP contribution in [-0.2, 0) is 0 Å². The largest absolute Gasteiger partial charge is 0.291 e. The number of benzene rings is 1. The lowest BCUT2D eigenvalue weighted by molar-refractivity contribution is 0.219. The highest BCUT2D eigenvalue weighted by atomic mass is 35.5. The van der Waals surface area contributed by atoms with Gasteiger partial charge in [0.05, 0.1) is 0 Å². The number of rotatable bonds is 4. The highest BCUT2D eigenvalue weighted by Gasteiger charge is 2.32. The molecular weight excluding hydrogens is 241 g/mol. The van der Waals surface area contributed by atoms with Crippen LogP contribution in [0.25, 0.3) is 0 Å². The van der Waals surface area contributed by atoms with E-state index in [1.165, 1.54) is 18.4 Å². The lowest BCUT2D eigenvalue weighted by atomic mass is 10.0. The van der Waals surface area contributed by atoms with E-state index >= 15 is 0 Å². The lowest BCUT2D eigenvalue weighted by Crippen LogP contribution is -2.34. The minimum absolute atomic E-state index is 0.491. The van der Waals surface area contributed by atoms with E-state index in [9.17, 15) is 0 Å². The van der Waals surface area contributed by atoms with Gasteiger partial charge in [0, 0.05) is 30.4 Å². The molecule has 2 atom stereocenters. The third kappa shape index (κ3) is 2.53. The maximum absolute atomic E-state index is 6.01. The summed E-state index contributed by atoms with van der Waals surface area (Å²) in [5, 5.41) is 0. The summed E-state index contributed by atoms with van der Waals surface area (Å²) < 4.78 is 0. The van der Waals surface area contributed by atoms with Gasteiger partial charge < -0.3 is 0 Å². The van der Waals surface area contributed by atoms with E-state index in [-0.39, 0.29) is 0 Å². The molecule has 3 heteroatoms. The van der Waals surface area contributed by atoms with Crippen molar-refractivity contribution in [2.45, 2.75) is 24.9 Å². The van der Waals surface area contributed by atoms with Gasteiger partial charge in [0.1, 0.15) is 0 Å². The molecule has 16 heavy (non-hydrogen) atoms. The first-order valence-electron chi connectivity index (χ1n) is 5.79. The van der Waals surface area contributed by atoms with Crippen molar-refractivity contribution in [3.63, 3.8) is 0 Å². The Morgan fingerprint density at radius 2 is 1.88 bits per heavy atom. The van der Waals surface area contributed by atoms with Crippen LogP contribution >= 0.6 is 23.2 Å². The number of halogens is 2. The van der Waals surface area contributed by atoms with Gasteiger partial charge in [0.15, 0.2) is 0 Å². The minimum Gasteiger partial charge on any atom is -0.291 e. The highest BCUT2D eigenvalue weighted by Crippen LogP contribution is 2.36. The van der Waals surface area contributed by atoms with E-state index in [4.69, 9.17) is 23.2 Å². The number of likely N-dealkylation sites (tertiary alicyclic amines) is 1. The predicted octanol–water partition coefficient (Wildman–Crippen LogP) is 3.67. The third-order valence-corrected chi connectivity index (χ3v) is 3.87. The first-order valence-corrected chi connectivity index (χ1v) is 6.86. The summed E-state index contributed by atoms with van der Waals surface area (Å²) in [5.41, 5.74) is 1.39. The standard InChI is InChI=1S/C13H17Cl2N/c14-8-9-16-12(10-15)6-7-13(16)11-4-2-1-3-5-11/h1-5,12-13H,6-10H2/t12-,13-/m0/s1. The molecule has 1 fully saturated rings. The molecule has 0 bridgehead atoms. The Morgan fingerprint density at radius 3 is 2.50 bits per heavy atom. The maximum Gasteiger partial charge on any atom is 0.0379 e. The van der Waals surface area contributed by atoms with Crippen molar-refractivity contribution in [2.75, 3.05) is 18.3 Å². The number of alkyl halides is 2. The van der Waals surface area contributed by atoms with Crippen LogP contribution in [0.4, 0.5) is 0 Å². The van der Waals surface area contributed by atoms with Crippen LogP contribution in [0, 0.1) is 0 Å². The second-order valence-corrected chi connectivity index (χ2v) is 4.93. The molecule has 0 spiro atoms. The fraction of sp³-hybridized carbons (Fsp3) is 0.538. The van der Waals surface area contributed by atoms with E-state index in [0.29, 0.717) is 23.8 Å². The van der Waals surface area contributed by atoms with Crippen LogP contribution < -0.4 is 0 Å². The molecule has 1 aliphatic heterocycles. The summed E-state index contributed by atoms with van der Waals surface area (Å²) in [4.78, 5) is 2.45. The zero-order chi connectivity index (χ0) is 11.4. The van der Waals surface area contributed by atoms with Gasteiger partial charge in [-0.3, -0.25) is 4.90 Å². The van der Waals surface area contributed by atoms with Crippen molar-refractivity contribution >= 4 is 23.2 Å². The van der Waals surface area contributed by atoms with Gasteiger partial charge in [0.2, 0.25) is 0 Å². The van der Waals surface area contributed by atoms with Gasteiger partial charge in [-0.05, 0) is 18.4 Å². The number of nitrogens with zero attached hydrogens (tertiary/aromatic N) is 1. The molecule has 2 rings (SSSR count). The summed E-state index contributed by atoms with van der Waals surface area (Å²) in [6.45, 7) is 0.929. The minimum atomic E-state index is 0.491. The van der Waals surface area contributed by atoms with Crippen LogP contribution in [0.3, 0.4) is 0 Å². The molecule has 0 unspecified atom stereocenters. The molecule has 0 N–H and O–H groups in total. The summed E-state index contributed by atoms with van der Waals surface area (Å²) in [5.74, 6) is 1.39. The SMILES string of the molecule is ClCCN1[C@H](CCl)CC[C@H]1c1ccccc1. The molecule has 1 aliphatic rings. The molecule has 1 heterocycles. The van der Waals surface area contributed by atoms with Crippen LogP contribution in [0.5, 0.6) is 0 Å². The Labute approximate surface area is 107 Å². The van der Waals surface area contributed by atoms with Crippen molar-refractivity contribution in [1.29, 1.82) is 0 Å². The third-order valence-electron chi connectivity index (χ3n) is 3.35. The summed E-state index contributed by atoms with van der Waals surface area (Å²) >= 11 is 11.9. The molecule has 0 aliphatic carbocycles. The molecule has 1 aromatic carbocycles. The Hall–Kier alpha value is -0.240. The molecule has 0 aromatic heterocycles. The maximum atomic E-state index is 6.01. The summed E-state index contributed by atoms with van der Waals surface area (Å²) in [6.07, 6.45) is 2.37. The van der Waals surface area contributed by atoms with Crippen LogP contribution in [-0.4, -0.2) is 29.2 Å². The van der Waals surface area contributed by atoms with Crippen molar-refractivity contribution in [3.8, 4) is 0 Å². The normalized spacial score (nSPS) is 26.1. The Kier molecular flexibility index (Phi) is 4.51. The first kappa shape index (κ1) is 12.2. The monoisotopic (exact) mass is 257 g/mol. The zero-order valence-electron chi connectivity index (χ0n) is 9.28. The fourth-order valence-corrected chi connectivity index (χ4v) is 3.10. The molecule has 1 aromatic rings. The van der Waals surface area contributed by atoms with Crippen molar-refractivity contribution < 1.29 is 0 Å². The van der Waals surface area contributed by atoms with Gasteiger partial charge in [-0.25, -0.2) is 0 Å². The smallest absolute Gasteiger partial charge is 0.0379 e. The van der Waals surface area contributed by atoms with Crippen molar-refractivity contribution in [1.82, 2.24) is 4.90 Å². The average molecular weight is 258 g/mol. The van der Waals surface area contributed by atoms with Gasteiger partial charge in [-0.1, -0.05) is 30.3 Å². The van der Waals surface area contributed by atoms with E-state index in [1.54, 1.807) is 0 Å². The highest BCUT2D eigenvalue weighted by molar-refractivity contribution is 6.18. The molecule has 0 amide bonds. The van der Waals surface area contributed by atoms with Gasteiger partial charge in [0.25, 0.3) is 0 Å². The zero-order valence-corrected chi connectivity index (χ0v) is 10.8. The Morgan fingerprint density at radius 1 is 1.12 bits per heavy atom. The molecule has 0 radical (unpaired) electrons. The fourth-order valence-electron chi connectivity index (χ4n) is 2.57. The lowest BCUT2D eigenvalue weighted by Gasteiger charge is -2.28. The molecule has 88 valence electrons. The van der Waals surface area contributed by atoms with E-state index in [1.807, 2.05) is 0 Å². The molecular formula is C13H17Cl2N. The van der Waals surface area contributed by atoms with Crippen molar-refractivity contribution in [2.24, 2.45) is 0 Å². The molecule has 1 saturated heterocycles. The molecule has 0 saturated carbocycles. The van der Waals surface area contributed by atoms with E-state index < -0.39 is 0 Å². The number of hydrogen-bond acceptors (Lipinski definition) is 1. The van der Waals surface area contributed by atoms with Gasteiger partial charge in [-0.15, -0.1) is 23.2 Å². The second-order valence-electron chi connectivity index (χ2n) is 4.24. The quantitative estimate of drug-likeness (QED) is 0.745. The van der Waals surface area contributed by atoms with Crippen LogP contribution in [0.15, 0.2) is 30.3 Å². The van der Waals surface area contributed by atoms with E-state index in [2.05, 4.69) is 35.2 Å². The Bertz CT molecular complexity index is 315. The topological polar surface area (TPSA) is 3.24 Å². The van der Waals surface area contributed by atoms with Gasteiger partial charge in [-0.2, -0.15) is 0 Å². The van der Waals surface area contributed by atoms with Crippen LogP contribution in [0.2, 0.25) is 0 Å².